The molecule has 4 amide bonds. The molecule has 41 heteroatoms. The average Bonchev–Trinajstić information content (AvgIpc) is 1.66. The van der Waals surface area contributed by atoms with E-state index in [4.69, 9.17) is 34.8 Å². The normalized spacial score (nSPS) is 18.5. The van der Waals surface area contributed by atoms with E-state index in [0.717, 1.165) is 79.6 Å². The minimum absolute atomic E-state index is 0. The van der Waals surface area contributed by atoms with Gasteiger partial charge in [-0.3, -0.25) is 38.1 Å². The summed E-state index contributed by atoms with van der Waals surface area (Å²) in [6, 6.07) is 46.7. The maximum atomic E-state index is 14.1. The number of thiazole rings is 3. The van der Waals surface area contributed by atoms with Crippen LogP contribution in [0.25, 0.3) is 0 Å². The van der Waals surface area contributed by atoms with Crippen molar-refractivity contribution >= 4 is 210 Å². The molecule has 0 radical (unpaired) electrons. The molecule has 12 heterocycles. The number of hydrogen-bond donors (Lipinski definition) is 4. The number of aromatic nitrogens is 5. The Morgan fingerprint density at radius 1 is 0.397 bits per heavy atom. The minimum Gasteiger partial charge on any atom is -0.359 e. The van der Waals surface area contributed by atoms with E-state index in [1.807, 2.05) is 59.5 Å². The van der Waals surface area contributed by atoms with Crippen molar-refractivity contribution in [2.45, 2.75) is 108 Å². The molecule has 0 unspecified atom stereocenters. The molecule has 0 saturated carbocycles. The quantitative estimate of drug-likeness (QED) is 0.0550. The van der Waals surface area contributed by atoms with E-state index in [1.54, 1.807) is 97.3 Å². The summed E-state index contributed by atoms with van der Waals surface area (Å²) in [5.41, 5.74) is 10.8. The molecule has 29 nitrogen and oxygen atoms in total. The van der Waals surface area contributed by atoms with Gasteiger partial charge in [0.15, 0.2) is 15.4 Å². The van der Waals surface area contributed by atoms with Gasteiger partial charge in [0.1, 0.15) is 35.8 Å². The van der Waals surface area contributed by atoms with Crippen molar-refractivity contribution in [2.24, 2.45) is 0 Å². The van der Waals surface area contributed by atoms with Gasteiger partial charge in [0.25, 0.3) is 40.1 Å². The number of anilines is 12. The maximum Gasteiger partial charge on any atom is 0.263 e. The Morgan fingerprint density at radius 3 is 1.17 bits per heavy atom. The molecular weight excluding hydrogens is 1830 g/mol. The molecule has 4 fully saturated rings. The van der Waals surface area contributed by atoms with Crippen LogP contribution in [0.3, 0.4) is 0 Å². The molecule has 0 bridgehead atoms. The van der Waals surface area contributed by atoms with Crippen LogP contribution in [-0.2, 0) is 85.0 Å². The lowest BCUT2D eigenvalue weighted by Gasteiger charge is -2.35. The molecule has 668 valence electrons. The third-order valence-corrected chi connectivity index (χ3v) is 32.4. The van der Waals surface area contributed by atoms with Crippen molar-refractivity contribution in [3.63, 3.8) is 0 Å². The Hall–Kier alpha value is -10.9. The molecule has 0 aliphatic carbocycles. The molecule has 8 aliphatic heterocycles. The Labute approximate surface area is 769 Å². The van der Waals surface area contributed by atoms with E-state index in [1.165, 1.54) is 124 Å². The molecule has 8 aromatic carbocycles. The van der Waals surface area contributed by atoms with Gasteiger partial charge < -0.3 is 39.2 Å². The number of aryl methyl sites for hydroxylation is 2. The third kappa shape index (κ3) is 18.4. The van der Waals surface area contributed by atoms with Gasteiger partial charge in [-0.15, -0.1) is 34.0 Å². The molecular formula is C85H95Cl3FN17O12S8. The van der Waals surface area contributed by atoms with Gasteiger partial charge in [0.2, 0.25) is 28.8 Å². The predicted molar refractivity (Wildman–Crippen MR) is 510 cm³/mol. The maximum absolute atomic E-state index is 14.1. The highest BCUT2D eigenvalue weighted by Crippen LogP contribution is 2.43. The molecule has 4 N–H and O–H groups in total. The summed E-state index contributed by atoms with van der Waals surface area (Å²) in [6.07, 6.45) is 11.6. The standard InChI is InChI=1S/C22H22ClN5O3S2.2C21H19ClN4O3S2.C21H19FN4O3S2.8H2/c1-14-24-22(32-25-14)26-33(30,31)18-7-5-17(6-8-18)27-12-10-20(21(27)29)28-11-2-3-15-13-16(23)4-9-19(15)28;22-15-1-6-18-14(13-15)7-10-26(18)19-8-11-25(20(19)27)16-2-4-17(5-3-16)31(28,29)24-21-23-9-12-30-21;22-17-3-1-2-14-8-11-26(19(14)17)18-9-12-25(20(18)27)15-4-6-16(7-5-15)31(28,29)24-21-23-10-13-30-21;22-17-2-1-3-18-16(17)8-11-26(18)19-9-12-25(20(19)27)14-4-6-15(7-5-14)31(28,29)24-21-23-10-13-30-21;;;;;;;;/h4-9,13,20H,2-3,10-12H2,1H3,(H,24,25,26);1-6,9,12-13,19H,7-8,10-11H2,(H,23,24);1-7,10,13,18H,8-9,11-12H2,(H,23,24);1-7,10,13,19H,8-9,11-12H2,(H,23,24);8*1H/t20-;19-;18-;19-;;;;;;;;/m0000......../s1. The molecule has 0 spiro atoms. The minimum atomic E-state index is -3.78. The van der Waals surface area contributed by atoms with Crippen molar-refractivity contribution in [1.29, 1.82) is 0 Å². The molecule has 4 atom stereocenters. The van der Waals surface area contributed by atoms with Crippen LogP contribution in [0.2, 0.25) is 15.1 Å². The highest BCUT2D eigenvalue weighted by atomic mass is 35.5. The number of para-hydroxylation sites is 1. The van der Waals surface area contributed by atoms with Gasteiger partial charge in [-0.05, 0) is 233 Å². The smallest absolute Gasteiger partial charge is 0.263 e. The number of rotatable bonds is 20. The van der Waals surface area contributed by atoms with Crippen LogP contribution < -0.4 is 58.1 Å². The van der Waals surface area contributed by atoms with E-state index >= 15 is 0 Å². The van der Waals surface area contributed by atoms with E-state index in [9.17, 15) is 57.2 Å². The Kier molecular flexibility index (Phi) is 25.2. The number of hydrogen-bond acceptors (Lipinski definition) is 25. The van der Waals surface area contributed by atoms with Crippen LogP contribution in [0.5, 0.6) is 0 Å². The summed E-state index contributed by atoms with van der Waals surface area (Å²) in [7, 11) is -15.0. The summed E-state index contributed by atoms with van der Waals surface area (Å²) >= 11 is 23.3. The van der Waals surface area contributed by atoms with Crippen LogP contribution in [0, 0.1) is 12.7 Å². The summed E-state index contributed by atoms with van der Waals surface area (Å²) < 4.78 is 128. The lowest BCUT2D eigenvalue weighted by molar-refractivity contribution is -0.119. The molecule has 4 saturated heterocycles. The van der Waals surface area contributed by atoms with E-state index in [-0.39, 0.29) is 89.7 Å². The highest BCUT2D eigenvalue weighted by molar-refractivity contribution is 7.94. The SMILES string of the molecule is Cc1nsc(NS(=O)(=O)c2ccc(N3CC[C@H](N4CCCc5cc(Cl)ccc54)C3=O)cc2)n1.O=C1[C@@H](N2CCc3c(F)cccc32)CCN1c1ccc(S(=O)(=O)Nc2nccs2)cc1.O=C1[C@@H](N2CCc3cc(Cl)ccc32)CCN1c1ccc(S(=O)(=O)Nc2nccs2)cc1.O=C1[C@@H](N2CCc3cccc(Cl)c32)CCN1c1ccc(S(=O)(=O)Nc2nccs2)cc1.[HH].[HH].[HH].[HH].[HH].[HH].[HH].[HH]. The first-order valence-corrected chi connectivity index (χ1v) is 50.5. The Morgan fingerprint density at radius 2 is 0.762 bits per heavy atom. The van der Waals surface area contributed by atoms with E-state index in [2.05, 4.69) is 64.0 Å². The van der Waals surface area contributed by atoms with Crippen LogP contribution >= 0.6 is 80.3 Å². The number of sulfonamides is 4. The predicted octanol–water partition coefficient (Wildman–Crippen LogP) is 16.6. The van der Waals surface area contributed by atoms with Gasteiger partial charge in [-0.2, -0.15) is 4.37 Å². The van der Waals surface area contributed by atoms with Gasteiger partial charge >= 0.3 is 0 Å². The second-order valence-electron chi connectivity index (χ2n) is 30.4. The summed E-state index contributed by atoms with van der Waals surface area (Å²) in [5, 5.41) is 8.31. The highest BCUT2D eigenvalue weighted by Gasteiger charge is 2.44. The van der Waals surface area contributed by atoms with E-state index in [0.29, 0.717) is 129 Å². The lowest BCUT2D eigenvalue weighted by atomic mass is 9.99. The van der Waals surface area contributed by atoms with Crippen molar-refractivity contribution in [2.75, 3.05) is 110 Å². The molecule has 8 aliphatic rings. The van der Waals surface area contributed by atoms with Gasteiger partial charge in [-0.1, -0.05) is 53.0 Å². The third-order valence-electron chi connectivity index (χ3n) is 22.9. The fourth-order valence-electron chi connectivity index (χ4n) is 17.0. The number of nitrogens with one attached hydrogen (secondary N) is 4. The fraction of sp³-hybridized carbons (Fsp3) is 0.259. The largest absolute Gasteiger partial charge is 0.359 e. The monoisotopic (exact) mass is 1930 g/mol. The number of nitrogens with zero attached hydrogens (tertiary/aromatic N) is 13. The van der Waals surface area contributed by atoms with Crippen molar-refractivity contribution in [3.05, 3.63) is 254 Å². The molecule has 4 aromatic heterocycles. The van der Waals surface area contributed by atoms with E-state index < -0.39 is 40.1 Å². The summed E-state index contributed by atoms with van der Waals surface area (Å²) in [5.74, 6) is 0.271. The Balaban J connectivity index is 0.000000197. The zero-order chi connectivity index (χ0) is 87.9. The molecule has 126 heavy (non-hydrogen) atoms. The zero-order valence-corrected chi connectivity index (χ0v) is 75.8. The zero-order valence-electron chi connectivity index (χ0n) is 67.0. The summed E-state index contributed by atoms with van der Waals surface area (Å²) in [6.45, 7) is 6.96. The van der Waals surface area contributed by atoms with Crippen LogP contribution in [0.1, 0.15) is 71.6 Å². The van der Waals surface area contributed by atoms with Gasteiger partial charge in [-0.25, -0.2) is 58.0 Å². The number of carbonyl (C=O) groups excluding carboxylic acids is 4. The number of fused-ring (bicyclic) bond motifs is 4. The van der Waals surface area contributed by atoms with Gasteiger partial charge in [0.05, 0.1) is 30.3 Å². The second-order valence-corrected chi connectivity index (χ2v) is 41.8. The average molecular weight is 1930 g/mol. The topological polar surface area (TPSA) is 343 Å². The first-order chi connectivity index (χ1) is 60.6. The van der Waals surface area contributed by atoms with Crippen LogP contribution in [0.15, 0.2) is 224 Å². The van der Waals surface area contributed by atoms with Crippen molar-refractivity contribution < 1.29 is 68.7 Å². The molecule has 12 aromatic rings. The number of benzene rings is 8. The number of carbonyl (C=O) groups is 4. The number of halogens is 4. The fourth-order valence-corrected chi connectivity index (χ4v) is 24.9. The first-order valence-electron chi connectivity index (χ1n) is 40.1. The first kappa shape index (κ1) is 87.2. The number of amides is 4. The van der Waals surface area contributed by atoms with Crippen molar-refractivity contribution in [1.82, 2.24) is 24.3 Å². The lowest BCUT2D eigenvalue weighted by Crippen LogP contribution is -2.44. The summed E-state index contributed by atoms with van der Waals surface area (Å²) in [4.78, 5) is 84.4. The molecule has 20 rings (SSSR count). The second kappa shape index (κ2) is 36.4. The Bertz CT molecular complexity index is 6620. The van der Waals surface area contributed by atoms with Crippen molar-refractivity contribution in [3.8, 4) is 0 Å². The van der Waals surface area contributed by atoms with Crippen LogP contribution in [-0.4, -0.2) is 158 Å². The van der Waals surface area contributed by atoms with Crippen LogP contribution in [0.4, 0.5) is 70.4 Å². The van der Waals surface area contributed by atoms with Gasteiger partial charge in [0, 0.05) is 165 Å².